The molecule has 0 fully saturated rings. The molecule has 0 saturated heterocycles. The SMILES string of the molecule is COC(=O)C(C)n1c(C(C)(C)C)cnc1SCC(=O)O. The summed E-state index contributed by atoms with van der Waals surface area (Å²) in [6, 6.07) is -0.548. The standard InChI is InChI=1S/C13H20N2O4S/c1-8(11(18)19-5)15-9(13(2,3)4)6-14-12(15)20-7-10(16)17/h6,8H,7H2,1-5H3,(H,16,17). The van der Waals surface area contributed by atoms with Crippen LogP contribution in [0.5, 0.6) is 0 Å². The Bertz CT molecular complexity index is 505. The zero-order valence-corrected chi connectivity index (χ0v) is 13.2. The van der Waals surface area contributed by atoms with Crippen LogP contribution in [-0.4, -0.2) is 39.5 Å². The summed E-state index contributed by atoms with van der Waals surface area (Å²) in [5.41, 5.74) is 0.653. The van der Waals surface area contributed by atoms with Crippen molar-refractivity contribution in [1.29, 1.82) is 0 Å². The number of hydrogen-bond acceptors (Lipinski definition) is 5. The maximum Gasteiger partial charge on any atom is 0.328 e. The van der Waals surface area contributed by atoms with E-state index in [4.69, 9.17) is 9.84 Å². The molecule has 20 heavy (non-hydrogen) atoms. The molecule has 1 aromatic heterocycles. The zero-order chi connectivity index (χ0) is 15.5. The molecule has 1 aromatic rings. The average molecular weight is 300 g/mol. The maximum atomic E-state index is 11.8. The molecule has 0 amide bonds. The fraction of sp³-hybridized carbons (Fsp3) is 0.615. The number of esters is 1. The van der Waals surface area contributed by atoms with Crippen molar-refractivity contribution in [3.05, 3.63) is 11.9 Å². The predicted molar refractivity (Wildman–Crippen MR) is 76.0 cm³/mol. The normalized spacial score (nSPS) is 13.1. The number of carbonyl (C=O) groups is 2. The molecule has 0 aromatic carbocycles. The van der Waals surface area contributed by atoms with Crippen molar-refractivity contribution >= 4 is 23.7 Å². The Morgan fingerprint density at radius 3 is 2.55 bits per heavy atom. The molecule has 0 radical (unpaired) electrons. The van der Waals surface area contributed by atoms with Gasteiger partial charge >= 0.3 is 11.9 Å². The lowest BCUT2D eigenvalue weighted by Gasteiger charge is -2.24. The number of imidazole rings is 1. The number of carboxylic acid groups (broad SMARTS) is 1. The Kier molecular flexibility index (Phi) is 5.21. The minimum absolute atomic E-state index is 0.103. The average Bonchev–Trinajstić information content (AvgIpc) is 2.77. The van der Waals surface area contributed by atoms with Crippen molar-refractivity contribution in [1.82, 2.24) is 9.55 Å². The van der Waals surface area contributed by atoms with Crippen molar-refractivity contribution in [2.45, 2.75) is 44.3 Å². The smallest absolute Gasteiger partial charge is 0.328 e. The summed E-state index contributed by atoms with van der Waals surface area (Å²) in [5, 5.41) is 9.29. The number of ether oxygens (including phenoxy) is 1. The van der Waals surface area contributed by atoms with Crippen LogP contribution in [0.25, 0.3) is 0 Å². The Hall–Kier alpha value is -1.50. The molecular weight excluding hydrogens is 280 g/mol. The van der Waals surface area contributed by atoms with E-state index >= 15 is 0 Å². The first-order valence-corrected chi connectivity index (χ1v) is 7.17. The highest BCUT2D eigenvalue weighted by molar-refractivity contribution is 7.99. The van der Waals surface area contributed by atoms with Crippen LogP contribution in [0.3, 0.4) is 0 Å². The van der Waals surface area contributed by atoms with Gasteiger partial charge in [0.2, 0.25) is 0 Å². The van der Waals surface area contributed by atoms with E-state index in [1.807, 2.05) is 20.8 Å². The van der Waals surface area contributed by atoms with Crippen molar-refractivity contribution in [2.24, 2.45) is 0 Å². The molecule has 7 heteroatoms. The number of nitrogens with zero attached hydrogens (tertiary/aromatic N) is 2. The van der Waals surface area contributed by atoms with Crippen LogP contribution in [0, 0.1) is 0 Å². The molecule has 1 N–H and O–H groups in total. The molecule has 1 rings (SSSR count). The lowest BCUT2D eigenvalue weighted by molar-refractivity contribution is -0.144. The van der Waals surface area contributed by atoms with Gasteiger partial charge < -0.3 is 14.4 Å². The van der Waals surface area contributed by atoms with E-state index < -0.39 is 12.0 Å². The van der Waals surface area contributed by atoms with Gasteiger partial charge in [0.15, 0.2) is 5.16 Å². The molecule has 112 valence electrons. The van der Waals surface area contributed by atoms with Gasteiger partial charge in [-0.15, -0.1) is 0 Å². The van der Waals surface area contributed by atoms with Crippen LogP contribution in [0.4, 0.5) is 0 Å². The van der Waals surface area contributed by atoms with Crippen LogP contribution in [0.15, 0.2) is 11.4 Å². The summed E-state index contributed by atoms with van der Waals surface area (Å²) in [7, 11) is 1.33. The zero-order valence-electron chi connectivity index (χ0n) is 12.3. The first kappa shape index (κ1) is 16.6. The monoisotopic (exact) mass is 300 g/mol. The molecular formula is C13H20N2O4S. The maximum absolute atomic E-state index is 11.8. The number of methoxy groups -OCH3 is 1. The molecule has 0 aliphatic carbocycles. The lowest BCUT2D eigenvalue weighted by Crippen LogP contribution is -2.25. The largest absolute Gasteiger partial charge is 0.481 e. The Balaban J connectivity index is 3.22. The molecule has 0 spiro atoms. The Morgan fingerprint density at radius 1 is 1.50 bits per heavy atom. The van der Waals surface area contributed by atoms with E-state index in [1.165, 1.54) is 7.11 Å². The van der Waals surface area contributed by atoms with Gasteiger partial charge in [-0.2, -0.15) is 0 Å². The summed E-state index contributed by atoms with van der Waals surface area (Å²) < 4.78 is 6.52. The van der Waals surface area contributed by atoms with Gasteiger partial charge in [-0.25, -0.2) is 9.78 Å². The van der Waals surface area contributed by atoms with Crippen molar-refractivity contribution in [2.75, 3.05) is 12.9 Å². The molecule has 1 atom stereocenters. The van der Waals surface area contributed by atoms with Gasteiger partial charge in [-0.1, -0.05) is 32.5 Å². The summed E-state index contributed by atoms with van der Waals surface area (Å²) in [5.74, 6) is -1.41. The van der Waals surface area contributed by atoms with Crippen molar-refractivity contribution < 1.29 is 19.4 Å². The first-order chi connectivity index (χ1) is 9.18. The molecule has 0 aliphatic heterocycles. The lowest BCUT2D eigenvalue weighted by atomic mass is 9.92. The minimum Gasteiger partial charge on any atom is -0.481 e. The second-order valence-electron chi connectivity index (χ2n) is 5.43. The van der Waals surface area contributed by atoms with Gasteiger partial charge in [0.25, 0.3) is 0 Å². The predicted octanol–water partition coefficient (Wildman–Crippen LogP) is 2.09. The minimum atomic E-state index is -0.924. The fourth-order valence-corrected chi connectivity index (χ4v) is 2.56. The number of aromatic nitrogens is 2. The van der Waals surface area contributed by atoms with E-state index in [0.717, 1.165) is 17.5 Å². The van der Waals surface area contributed by atoms with E-state index in [2.05, 4.69) is 4.98 Å². The summed E-state index contributed by atoms with van der Waals surface area (Å²) in [6.07, 6.45) is 1.68. The highest BCUT2D eigenvalue weighted by Crippen LogP contribution is 2.31. The fourth-order valence-electron chi connectivity index (χ4n) is 1.78. The van der Waals surface area contributed by atoms with Gasteiger partial charge in [0.1, 0.15) is 6.04 Å². The van der Waals surface area contributed by atoms with Gasteiger partial charge in [-0.05, 0) is 6.92 Å². The molecule has 6 nitrogen and oxygen atoms in total. The van der Waals surface area contributed by atoms with Crippen LogP contribution >= 0.6 is 11.8 Å². The van der Waals surface area contributed by atoms with Crippen LogP contribution in [0.1, 0.15) is 39.4 Å². The van der Waals surface area contributed by atoms with Crippen molar-refractivity contribution in [3.63, 3.8) is 0 Å². The summed E-state index contributed by atoms with van der Waals surface area (Å²) in [4.78, 5) is 26.7. The number of carboxylic acids is 1. The van der Waals surface area contributed by atoms with Gasteiger partial charge in [-0.3, -0.25) is 4.79 Å². The van der Waals surface area contributed by atoms with Crippen LogP contribution < -0.4 is 0 Å². The second-order valence-corrected chi connectivity index (χ2v) is 6.37. The third-order valence-electron chi connectivity index (χ3n) is 2.79. The number of hydrogen-bond donors (Lipinski definition) is 1. The molecule has 1 unspecified atom stereocenters. The molecule has 0 aliphatic rings. The van der Waals surface area contributed by atoms with Crippen molar-refractivity contribution in [3.8, 4) is 0 Å². The quantitative estimate of drug-likeness (QED) is 0.662. The van der Waals surface area contributed by atoms with E-state index in [0.29, 0.717) is 5.16 Å². The Morgan fingerprint density at radius 2 is 2.10 bits per heavy atom. The highest BCUT2D eigenvalue weighted by atomic mass is 32.2. The number of rotatable bonds is 5. The van der Waals surface area contributed by atoms with E-state index in [1.54, 1.807) is 17.7 Å². The third kappa shape index (κ3) is 3.75. The summed E-state index contributed by atoms with van der Waals surface area (Å²) >= 11 is 1.09. The van der Waals surface area contributed by atoms with Crippen LogP contribution in [-0.2, 0) is 19.7 Å². The number of aliphatic carboxylic acids is 1. The topological polar surface area (TPSA) is 81.4 Å². The summed E-state index contributed by atoms with van der Waals surface area (Å²) in [6.45, 7) is 7.75. The second kappa shape index (κ2) is 6.30. The molecule has 0 saturated carbocycles. The third-order valence-corrected chi connectivity index (χ3v) is 3.74. The van der Waals surface area contributed by atoms with E-state index in [-0.39, 0.29) is 17.1 Å². The Labute approximate surface area is 122 Å². The first-order valence-electron chi connectivity index (χ1n) is 6.18. The molecule has 0 bridgehead atoms. The number of thioether (sulfide) groups is 1. The molecule has 1 heterocycles. The van der Waals surface area contributed by atoms with Crippen LogP contribution in [0.2, 0.25) is 0 Å². The highest BCUT2D eigenvalue weighted by Gasteiger charge is 2.28. The van der Waals surface area contributed by atoms with Gasteiger partial charge in [0, 0.05) is 17.3 Å². The number of carbonyl (C=O) groups excluding carboxylic acids is 1. The van der Waals surface area contributed by atoms with Gasteiger partial charge in [0.05, 0.1) is 12.9 Å². The van der Waals surface area contributed by atoms with E-state index in [9.17, 15) is 9.59 Å².